The van der Waals surface area contributed by atoms with E-state index in [1.165, 1.54) is 4.90 Å². The molecule has 2 amide bonds. The summed E-state index contributed by atoms with van der Waals surface area (Å²) < 4.78 is 5.05. The first-order chi connectivity index (χ1) is 13.8. The average Bonchev–Trinajstić information content (AvgIpc) is 2.89. The molecule has 29 heavy (non-hydrogen) atoms. The number of imide groups is 1. The Balaban J connectivity index is 2.05. The van der Waals surface area contributed by atoms with Crippen LogP contribution in [0.25, 0.3) is 5.57 Å². The molecule has 0 unspecified atom stereocenters. The van der Waals surface area contributed by atoms with Crippen LogP contribution in [-0.4, -0.2) is 37.0 Å². The summed E-state index contributed by atoms with van der Waals surface area (Å²) >= 11 is 12.4. The maximum atomic E-state index is 13.1. The molecular weight excluding hydrogens is 411 g/mol. The summed E-state index contributed by atoms with van der Waals surface area (Å²) in [5.74, 6) is -0.771. The lowest BCUT2D eigenvalue weighted by molar-refractivity contribution is -0.136. The topological polar surface area (TPSA) is 58.6 Å². The molecule has 0 bridgehead atoms. The fourth-order valence-electron chi connectivity index (χ4n) is 3.17. The summed E-state index contributed by atoms with van der Waals surface area (Å²) in [7, 11) is 1.58. The first-order valence-corrected chi connectivity index (χ1v) is 9.98. The van der Waals surface area contributed by atoms with E-state index in [1.807, 2.05) is 32.0 Å². The number of nitrogens with one attached hydrogen (secondary N) is 1. The smallest absolute Gasteiger partial charge is 0.278 e. The van der Waals surface area contributed by atoms with Crippen molar-refractivity contribution in [1.82, 2.24) is 4.90 Å². The minimum Gasteiger partial charge on any atom is -0.385 e. The third kappa shape index (κ3) is 4.47. The lowest BCUT2D eigenvalue weighted by atomic mass is 10.0. The number of amides is 2. The Morgan fingerprint density at radius 1 is 1.00 bits per heavy atom. The maximum absolute atomic E-state index is 13.1. The molecule has 2 aromatic rings. The van der Waals surface area contributed by atoms with Gasteiger partial charge in [0, 0.05) is 36.5 Å². The van der Waals surface area contributed by atoms with Crippen molar-refractivity contribution in [1.29, 1.82) is 0 Å². The van der Waals surface area contributed by atoms with Crippen LogP contribution < -0.4 is 5.32 Å². The van der Waals surface area contributed by atoms with E-state index in [1.54, 1.807) is 25.3 Å². The number of carbonyl (C=O) groups is 2. The predicted molar refractivity (Wildman–Crippen MR) is 116 cm³/mol. The molecule has 0 aliphatic carbocycles. The molecule has 0 radical (unpaired) electrons. The number of ether oxygens (including phenoxy) is 1. The van der Waals surface area contributed by atoms with Crippen LogP contribution in [0, 0.1) is 13.8 Å². The lowest BCUT2D eigenvalue weighted by Gasteiger charge is -2.15. The van der Waals surface area contributed by atoms with Gasteiger partial charge in [-0.05, 0) is 55.7 Å². The van der Waals surface area contributed by atoms with Crippen LogP contribution in [0.5, 0.6) is 0 Å². The highest BCUT2D eigenvalue weighted by atomic mass is 35.5. The number of benzene rings is 2. The number of aryl methyl sites for hydroxylation is 2. The summed E-state index contributed by atoms with van der Waals surface area (Å²) in [5.41, 5.74) is 3.86. The Kier molecular flexibility index (Phi) is 6.63. The Morgan fingerprint density at radius 2 is 1.76 bits per heavy atom. The van der Waals surface area contributed by atoms with E-state index in [9.17, 15) is 9.59 Å². The number of hydrogen-bond donors (Lipinski definition) is 1. The van der Waals surface area contributed by atoms with Gasteiger partial charge in [-0.2, -0.15) is 0 Å². The van der Waals surface area contributed by atoms with E-state index in [0.29, 0.717) is 28.6 Å². The maximum Gasteiger partial charge on any atom is 0.278 e. The second-order valence-corrected chi connectivity index (χ2v) is 7.75. The molecule has 7 heteroatoms. The van der Waals surface area contributed by atoms with Gasteiger partial charge in [-0.1, -0.05) is 35.3 Å². The van der Waals surface area contributed by atoms with Gasteiger partial charge in [0.25, 0.3) is 11.8 Å². The zero-order valence-electron chi connectivity index (χ0n) is 16.5. The average molecular weight is 433 g/mol. The molecule has 0 spiro atoms. The predicted octanol–water partition coefficient (Wildman–Crippen LogP) is 4.84. The number of hydrogen-bond acceptors (Lipinski definition) is 4. The van der Waals surface area contributed by atoms with E-state index in [-0.39, 0.29) is 29.6 Å². The number of carbonyl (C=O) groups excluding carboxylic acids is 2. The van der Waals surface area contributed by atoms with E-state index in [2.05, 4.69) is 5.32 Å². The van der Waals surface area contributed by atoms with Crippen molar-refractivity contribution in [2.24, 2.45) is 0 Å². The van der Waals surface area contributed by atoms with Crippen LogP contribution in [0.4, 0.5) is 5.69 Å². The third-order valence-electron chi connectivity index (χ3n) is 4.87. The molecule has 0 fully saturated rings. The first-order valence-electron chi connectivity index (χ1n) is 9.22. The lowest BCUT2D eigenvalue weighted by Crippen LogP contribution is -2.33. The van der Waals surface area contributed by atoms with E-state index >= 15 is 0 Å². The molecule has 0 saturated carbocycles. The fourth-order valence-corrected chi connectivity index (χ4v) is 3.67. The molecule has 3 rings (SSSR count). The van der Waals surface area contributed by atoms with Crippen molar-refractivity contribution in [2.45, 2.75) is 20.3 Å². The SMILES string of the molecule is COCCCN1C(=O)C(Nc2ccc(C)c(C)c2)=C(c2ccc(Cl)cc2Cl)C1=O. The molecule has 0 aromatic heterocycles. The Hall–Kier alpha value is -2.34. The second-order valence-electron chi connectivity index (χ2n) is 6.91. The summed E-state index contributed by atoms with van der Waals surface area (Å²) in [6.45, 7) is 4.72. The quantitative estimate of drug-likeness (QED) is 0.502. The molecule has 0 atom stereocenters. The summed E-state index contributed by atoms with van der Waals surface area (Å²) in [6, 6.07) is 10.6. The number of methoxy groups -OCH3 is 1. The molecule has 1 heterocycles. The second kappa shape index (κ2) is 8.99. The van der Waals surface area contributed by atoms with Crippen LogP contribution in [0.15, 0.2) is 42.1 Å². The van der Waals surface area contributed by atoms with Crippen molar-refractivity contribution in [3.63, 3.8) is 0 Å². The molecule has 0 saturated heterocycles. The van der Waals surface area contributed by atoms with Gasteiger partial charge in [-0.15, -0.1) is 0 Å². The molecule has 1 aliphatic rings. The Labute approximate surface area is 180 Å². The molecular formula is C22H22Cl2N2O3. The van der Waals surface area contributed by atoms with Gasteiger partial charge in [0.2, 0.25) is 0 Å². The molecule has 152 valence electrons. The minimum absolute atomic E-state index is 0.208. The Morgan fingerprint density at radius 3 is 2.41 bits per heavy atom. The number of anilines is 1. The first kappa shape index (κ1) is 21.4. The summed E-state index contributed by atoms with van der Waals surface area (Å²) in [6.07, 6.45) is 0.548. The summed E-state index contributed by atoms with van der Waals surface area (Å²) in [5, 5.41) is 3.91. The number of rotatable bonds is 7. The van der Waals surface area contributed by atoms with Crippen molar-refractivity contribution < 1.29 is 14.3 Å². The van der Waals surface area contributed by atoms with Crippen LogP contribution >= 0.6 is 23.2 Å². The van der Waals surface area contributed by atoms with Crippen LogP contribution in [0.3, 0.4) is 0 Å². The van der Waals surface area contributed by atoms with Crippen LogP contribution in [0.2, 0.25) is 10.0 Å². The summed E-state index contributed by atoms with van der Waals surface area (Å²) in [4.78, 5) is 27.5. The van der Waals surface area contributed by atoms with Crippen molar-refractivity contribution >= 4 is 46.3 Å². The van der Waals surface area contributed by atoms with E-state index in [4.69, 9.17) is 27.9 Å². The van der Waals surface area contributed by atoms with Gasteiger partial charge in [0.1, 0.15) is 5.70 Å². The van der Waals surface area contributed by atoms with Crippen molar-refractivity contribution in [3.8, 4) is 0 Å². The van der Waals surface area contributed by atoms with Crippen LogP contribution in [-0.2, 0) is 14.3 Å². The number of nitrogens with zero attached hydrogens (tertiary/aromatic N) is 1. The highest BCUT2D eigenvalue weighted by Crippen LogP contribution is 2.35. The van der Waals surface area contributed by atoms with Crippen molar-refractivity contribution in [2.75, 3.05) is 25.6 Å². The third-order valence-corrected chi connectivity index (χ3v) is 5.42. The van der Waals surface area contributed by atoms with Gasteiger partial charge in [0.05, 0.1) is 10.6 Å². The van der Waals surface area contributed by atoms with Gasteiger partial charge in [0.15, 0.2) is 0 Å². The highest BCUT2D eigenvalue weighted by molar-refractivity contribution is 6.41. The molecule has 5 nitrogen and oxygen atoms in total. The fraction of sp³-hybridized carbons (Fsp3) is 0.273. The Bertz CT molecular complexity index is 1000. The minimum atomic E-state index is -0.387. The van der Waals surface area contributed by atoms with Gasteiger partial charge >= 0.3 is 0 Å². The molecule has 1 aliphatic heterocycles. The van der Waals surface area contributed by atoms with Gasteiger partial charge in [-0.3, -0.25) is 14.5 Å². The molecule has 1 N–H and O–H groups in total. The standard InChI is InChI=1S/C22H22Cl2N2O3/c1-13-5-7-16(11-14(13)2)25-20-19(17-8-6-15(23)12-18(17)24)21(27)26(22(20)28)9-4-10-29-3/h5-8,11-12,25H,4,9-10H2,1-3H3. The van der Waals surface area contributed by atoms with Gasteiger partial charge in [-0.25, -0.2) is 0 Å². The molecule has 2 aromatic carbocycles. The van der Waals surface area contributed by atoms with Crippen molar-refractivity contribution in [3.05, 3.63) is 68.8 Å². The van der Waals surface area contributed by atoms with Crippen LogP contribution in [0.1, 0.15) is 23.1 Å². The highest BCUT2D eigenvalue weighted by Gasteiger charge is 2.39. The largest absolute Gasteiger partial charge is 0.385 e. The monoisotopic (exact) mass is 432 g/mol. The van der Waals surface area contributed by atoms with Gasteiger partial charge < -0.3 is 10.1 Å². The zero-order valence-corrected chi connectivity index (χ0v) is 18.0. The normalized spacial score (nSPS) is 14.2. The zero-order chi connectivity index (χ0) is 21.1. The van der Waals surface area contributed by atoms with E-state index in [0.717, 1.165) is 16.8 Å². The number of halogens is 2. The van der Waals surface area contributed by atoms with E-state index < -0.39 is 0 Å².